The Balaban J connectivity index is 2.17. The molecule has 106 valence electrons. The molecule has 0 aliphatic carbocycles. The van der Waals surface area contributed by atoms with Gasteiger partial charge in [0.2, 0.25) is 0 Å². The zero-order valence-corrected chi connectivity index (χ0v) is 13.1. The van der Waals surface area contributed by atoms with Crippen molar-refractivity contribution >= 4 is 27.5 Å². The van der Waals surface area contributed by atoms with Crippen LogP contribution >= 0.6 is 27.5 Å². The SMILES string of the molecule is CC(O)c1ccc(Br)cc1OCc1ccc(F)c(Cl)c1. The van der Waals surface area contributed by atoms with Crippen LogP contribution in [0.4, 0.5) is 4.39 Å². The van der Waals surface area contributed by atoms with Crippen LogP contribution in [-0.4, -0.2) is 5.11 Å². The summed E-state index contributed by atoms with van der Waals surface area (Å²) in [5.41, 5.74) is 1.45. The Labute approximate surface area is 130 Å². The number of aliphatic hydroxyl groups is 1. The van der Waals surface area contributed by atoms with Gasteiger partial charge in [-0.1, -0.05) is 39.7 Å². The topological polar surface area (TPSA) is 29.5 Å². The third-order valence-electron chi connectivity index (χ3n) is 2.80. The standard InChI is InChI=1S/C15H13BrClFO2/c1-9(19)12-4-3-11(16)7-15(12)20-8-10-2-5-14(18)13(17)6-10/h2-7,9,19H,8H2,1H3. The van der Waals surface area contributed by atoms with Crippen LogP contribution in [0, 0.1) is 5.82 Å². The lowest BCUT2D eigenvalue weighted by molar-refractivity contribution is 0.190. The first kappa shape index (κ1) is 15.3. The lowest BCUT2D eigenvalue weighted by Gasteiger charge is -2.14. The highest BCUT2D eigenvalue weighted by Crippen LogP contribution is 2.29. The molecule has 0 aliphatic heterocycles. The molecule has 1 N–H and O–H groups in total. The van der Waals surface area contributed by atoms with E-state index < -0.39 is 11.9 Å². The largest absolute Gasteiger partial charge is 0.488 e. The fraction of sp³-hybridized carbons (Fsp3) is 0.200. The van der Waals surface area contributed by atoms with Gasteiger partial charge >= 0.3 is 0 Å². The average Bonchev–Trinajstić information content (AvgIpc) is 2.40. The molecular formula is C15H13BrClFO2. The molecule has 0 saturated heterocycles. The molecule has 2 aromatic carbocycles. The summed E-state index contributed by atoms with van der Waals surface area (Å²) in [5.74, 6) is 0.123. The van der Waals surface area contributed by atoms with Gasteiger partial charge in [-0.3, -0.25) is 0 Å². The van der Waals surface area contributed by atoms with Crippen molar-refractivity contribution < 1.29 is 14.2 Å². The van der Waals surface area contributed by atoms with E-state index >= 15 is 0 Å². The van der Waals surface area contributed by atoms with Crippen molar-refractivity contribution in [1.82, 2.24) is 0 Å². The smallest absolute Gasteiger partial charge is 0.141 e. The summed E-state index contributed by atoms with van der Waals surface area (Å²) < 4.78 is 19.6. The highest BCUT2D eigenvalue weighted by Gasteiger charge is 2.10. The van der Waals surface area contributed by atoms with Crippen molar-refractivity contribution in [1.29, 1.82) is 0 Å². The molecule has 0 saturated carbocycles. The monoisotopic (exact) mass is 358 g/mol. The Bertz CT molecular complexity index is 617. The van der Waals surface area contributed by atoms with Gasteiger partial charge in [-0.25, -0.2) is 4.39 Å². The summed E-state index contributed by atoms with van der Waals surface area (Å²) in [5, 5.41) is 9.77. The summed E-state index contributed by atoms with van der Waals surface area (Å²) in [6.07, 6.45) is -0.630. The molecule has 1 atom stereocenters. The van der Waals surface area contributed by atoms with Gasteiger partial charge < -0.3 is 9.84 Å². The molecule has 0 heterocycles. The molecule has 0 spiro atoms. The van der Waals surface area contributed by atoms with Crippen LogP contribution in [-0.2, 0) is 6.61 Å². The van der Waals surface area contributed by atoms with Crippen molar-refractivity contribution in [2.75, 3.05) is 0 Å². The summed E-state index contributed by atoms with van der Waals surface area (Å²) in [6, 6.07) is 9.86. The van der Waals surface area contributed by atoms with Crippen LogP contribution in [0.1, 0.15) is 24.2 Å². The molecule has 20 heavy (non-hydrogen) atoms. The molecule has 0 radical (unpaired) electrons. The minimum absolute atomic E-state index is 0.0658. The number of hydrogen-bond donors (Lipinski definition) is 1. The summed E-state index contributed by atoms with van der Waals surface area (Å²) in [7, 11) is 0. The molecular weight excluding hydrogens is 347 g/mol. The van der Waals surface area contributed by atoms with Gasteiger partial charge in [0, 0.05) is 10.0 Å². The van der Waals surface area contributed by atoms with Crippen LogP contribution < -0.4 is 4.74 Å². The highest BCUT2D eigenvalue weighted by atomic mass is 79.9. The maximum atomic E-state index is 13.1. The zero-order chi connectivity index (χ0) is 14.7. The molecule has 0 aliphatic rings. The van der Waals surface area contributed by atoms with E-state index in [1.165, 1.54) is 12.1 Å². The van der Waals surface area contributed by atoms with Crippen LogP contribution in [0.5, 0.6) is 5.75 Å². The van der Waals surface area contributed by atoms with Crippen molar-refractivity contribution in [2.24, 2.45) is 0 Å². The van der Waals surface area contributed by atoms with Crippen molar-refractivity contribution in [3.05, 3.63) is 62.8 Å². The number of halogens is 3. The molecule has 0 fully saturated rings. The second-order valence-corrected chi connectivity index (χ2v) is 5.72. The van der Waals surface area contributed by atoms with E-state index in [1.54, 1.807) is 25.1 Å². The first-order valence-electron chi connectivity index (χ1n) is 6.01. The minimum Gasteiger partial charge on any atom is -0.488 e. The molecule has 5 heteroatoms. The summed E-state index contributed by atoms with van der Waals surface area (Å²) in [4.78, 5) is 0. The predicted octanol–water partition coefficient (Wildman–Crippen LogP) is 4.87. The number of hydrogen-bond acceptors (Lipinski definition) is 2. The van der Waals surface area contributed by atoms with Crippen molar-refractivity contribution in [3.8, 4) is 5.75 Å². The van der Waals surface area contributed by atoms with Crippen LogP contribution in [0.2, 0.25) is 5.02 Å². The van der Waals surface area contributed by atoms with E-state index in [9.17, 15) is 9.50 Å². The first-order valence-corrected chi connectivity index (χ1v) is 7.18. The van der Waals surface area contributed by atoms with Gasteiger partial charge in [0.05, 0.1) is 11.1 Å². The van der Waals surface area contributed by atoms with Gasteiger partial charge in [-0.05, 0) is 36.8 Å². The summed E-state index contributed by atoms with van der Waals surface area (Å²) >= 11 is 9.08. The Morgan fingerprint density at radius 1 is 1.30 bits per heavy atom. The molecule has 2 aromatic rings. The van der Waals surface area contributed by atoms with E-state index in [4.69, 9.17) is 16.3 Å². The summed E-state index contributed by atoms with van der Waals surface area (Å²) in [6.45, 7) is 1.92. The normalized spacial score (nSPS) is 12.2. The number of benzene rings is 2. The Kier molecular flexibility index (Phi) is 5.02. The van der Waals surface area contributed by atoms with E-state index in [0.29, 0.717) is 11.3 Å². The van der Waals surface area contributed by atoms with Gasteiger partial charge in [-0.2, -0.15) is 0 Å². The molecule has 1 unspecified atom stereocenters. The second kappa shape index (κ2) is 6.57. The Morgan fingerprint density at radius 3 is 2.70 bits per heavy atom. The number of rotatable bonds is 4. The zero-order valence-electron chi connectivity index (χ0n) is 10.7. The highest BCUT2D eigenvalue weighted by molar-refractivity contribution is 9.10. The lowest BCUT2D eigenvalue weighted by atomic mass is 10.1. The van der Waals surface area contributed by atoms with Gasteiger partial charge in [0.15, 0.2) is 0 Å². The van der Waals surface area contributed by atoms with Crippen LogP contribution in [0.3, 0.4) is 0 Å². The predicted molar refractivity (Wildman–Crippen MR) is 80.5 cm³/mol. The maximum Gasteiger partial charge on any atom is 0.141 e. The van der Waals surface area contributed by atoms with Gasteiger partial charge in [0.1, 0.15) is 18.2 Å². The lowest BCUT2D eigenvalue weighted by Crippen LogP contribution is -2.01. The fourth-order valence-electron chi connectivity index (χ4n) is 1.77. The minimum atomic E-state index is -0.630. The first-order chi connectivity index (χ1) is 9.47. The molecule has 0 amide bonds. The van der Waals surface area contributed by atoms with E-state index in [2.05, 4.69) is 15.9 Å². The maximum absolute atomic E-state index is 13.1. The van der Waals surface area contributed by atoms with Crippen LogP contribution in [0.15, 0.2) is 40.9 Å². The average molecular weight is 360 g/mol. The van der Waals surface area contributed by atoms with E-state index in [0.717, 1.165) is 10.0 Å². The number of aliphatic hydroxyl groups excluding tert-OH is 1. The third-order valence-corrected chi connectivity index (χ3v) is 3.59. The van der Waals surface area contributed by atoms with Crippen molar-refractivity contribution in [2.45, 2.75) is 19.6 Å². The molecule has 2 rings (SSSR count). The van der Waals surface area contributed by atoms with Gasteiger partial charge in [0.25, 0.3) is 0 Å². The van der Waals surface area contributed by atoms with E-state index in [1.807, 2.05) is 6.07 Å². The van der Waals surface area contributed by atoms with Crippen LogP contribution in [0.25, 0.3) is 0 Å². The third kappa shape index (κ3) is 3.72. The van der Waals surface area contributed by atoms with Gasteiger partial charge in [-0.15, -0.1) is 0 Å². The number of ether oxygens (including phenoxy) is 1. The molecule has 0 aromatic heterocycles. The fourth-order valence-corrected chi connectivity index (χ4v) is 2.31. The molecule has 0 bridgehead atoms. The Morgan fingerprint density at radius 2 is 2.05 bits per heavy atom. The second-order valence-electron chi connectivity index (χ2n) is 4.40. The quantitative estimate of drug-likeness (QED) is 0.843. The molecule has 2 nitrogen and oxygen atoms in total. The van der Waals surface area contributed by atoms with E-state index in [-0.39, 0.29) is 11.6 Å². The Hall–Kier alpha value is -1.10. The van der Waals surface area contributed by atoms with Crippen molar-refractivity contribution in [3.63, 3.8) is 0 Å².